The second-order valence-corrected chi connectivity index (χ2v) is 4.10. The first-order valence-electron chi connectivity index (χ1n) is 5.91. The number of hydrogen-bond acceptors (Lipinski definition) is 4. The number of amides is 1. The minimum atomic E-state index is -0.252. The minimum absolute atomic E-state index is 0.0377. The normalized spacial score (nSPS) is 11.4. The summed E-state index contributed by atoms with van der Waals surface area (Å²) in [6, 6.07) is 1.59. The van der Waals surface area contributed by atoms with Crippen LogP contribution in [0.1, 0.15) is 22.8 Å². The topological polar surface area (TPSA) is 62.7 Å². The third-order valence-corrected chi connectivity index (χ3v) is 2.74. The van der Waals surface area contributed by atoms with Crippen LogP contribution in [0.2, 0.25) is 0 Å². The Balaban J connectivity index is 2.99. The van der Waals surface area contributed by atoms with Crippen molar-refractivity contribution in [2.75, 3.05) is 27.4 Å². The van der Waals surface area contributed by atoms with Gasteiger partial charge < -0.3 is 14.7 Å². The predicted molar refractivity (Wildman–Crippen MR) is 71.6 cm³/mol. The lowest BCUT2D eigenvalue weighted by molar-refractivity contribution is 0.0633. The van der Waals surface area contributed by atoms with Gasteiger partial charge in [0.05, 0.1) is 23.8 Å². The summed E-state index contributed by atoms with van der Waals surface area (Å²) in [5.74, 6) is 5.11. The number of ether oxygens (including phenoxy) is 1. The standard InChI is InChI=1S/C14H18N2O3/c1-11(10-19-3)16(2)14(18)13-6-7-15-9-12(13)5-4-8-17/h6-7,9,11,17H,8,10H2,1-3H3. The van der Waals surface area contributed by atoms with E-state index in [0.717, 1.165) is 0 Å². The molecule has 0 aliphatic heterocycles. The van der Waals surface area contributed by atoms with E-state index < -0.39 is 0 Å². The second-order valence-electron chi connectivity index (χ2n) is 4.10. The predicted octanol–water partition coefficient (Wildman–Crippen LogP) is 0.532. The molecule has 5 nitrogen and oxygen atoms in total. The molecule has 0 saturated heterocycles. The fourth-order valence-corrected chi connectivity index (χ4v) is 1.56. The molecule has 1 atom stereocenters. The smallest absolute Gasteiger partial charge is 0.255 e. The molecule has 0 bridgehead atoms. The van der Waals surface area contributed by atoms with E-state index >= 15 is 0 Å². The number of pyridine rings is 1. The Morgan fingerprint density at radius 2 is 2.37 bits per heavy atom. The number of hydrogen-bond donors (Lipinski definition) is 1. The highest BCUT2D eigenvalue weighted by atomic mass is 16.5. The zero-order valence-electron chi connectivity index (χ0n) is 11.4. The zero-order chi connectivity index (χ0) is 14.3. The summed E-state index contributed by atoms with van der Waals surface area (Å²) in [5, 5.41) is 8.72. The zero-order valence-corrected chi connectivity index (χ0v) is 11.4. The van der Waals surface area contributed by atoms with Gasteiger partial charge in [0.25, 0.3) is 5.91 Å². The summed E-state index contributed by atoms with van der Waals surface area (Å²) in [6.45, 7) is 2.12. The molecule has 0 aromatic carbocycles. The van der Waals surface area contributed by atoms with Crippen molar-refractivity contribution in [1.82, 2.24) is 9.88 Å². The summed E-state index contributed by atoms with van der Waals surface area (Å²) < 4.78 is 5.04. The number of aliphatic hydroxyl groups excluding tert-OH is 1. The third-order valence-electron chi connectivity index (χ3n) is 2.74. The molecule has 1 aromatic heterocycles. The van der Waals surface area contributed by atoms with Crippen LogP contribution in [-0.4, -0.2) is 54.3 Å². The van der Waals surface area contributed by atoms with Crippen LogP contribution in [0, 0.1) is 11.8 Å². The number of aromatic nitrogens is 1. The van der Waals surface area contributed by atoms with Gasteiger partial charge >= 0.3 is 0 Å². The fraction of sp³-hybridized carbons (Fsp3) is 0.429. The Kier molecular flexibility index (Phi) is 6.00. The first-order valence-corrected chi connectivity index (χ1v) is 5.91. The van der Waals surface area contributed by atoms with Gasteiger partial charge in [-0.15, -0.1) is 0 Å². The summed E-state index contributed by atoms with van der Waals surface area (Å²) in [7, 11) is 3.31. The quantitative estimate of drug-likeness (QED) is 0.804. The summed E-state index contributed by atoms with van der Waals surface area (Å²) in [4.78, 5) is 17.9. The number of rotatable bonds is 4. The van der Waals surface area contributed by atoms with E-state index in [-0.39, 0.29) is 18.6 Å². The van der Waals surface area contributed by atoms with Gasteiger partial charge in [-0.3, -0.25) is 9.78 Å². The van der Waals surface area contributed by atoms with Crippen molar-refractivity contribution in [2.24, 2.45) is 0 Å². The maximum absolute atomic E-state index is 12.4. The Morgan fingerprint density at radius 1 is 1.63 bits per heavy atom. The van der Waals surface area contributed by atoms with Crippen LogP contribution in [0.5, 0.6) is 0 Å². The fourth-order valence-electron chi connectivity index (χ4n) is 1.56. The van der Waals surface area contributed by atoms with E-state index in [1.54, 1.807) is 31.3 Å². The molecular weight excluding hydrogens is 244 g/mol. The van der Waals surface area contributed by atoms with E-state index in [0.29, 0.717) is 17.7 Å². The molecule has 0 aliphatic carbocycles. The SMILES string of the molecule is COCC(C)N(C)C(=O)c1ccncc1C#CCO. The highest BCUT2D eigenvalue weighted by Crippen LogP contribution is 2.10. The largest absolute Gasteiger partial charge is 0.384 e. The molecule has 1 unspecified atom stereocenters. The van der Waals surface area contributed by atoms with E-state index in [2.05, 4.69) is 16.8 Å². The third kappa shape index (κ3) is 4.05. The number of likely N-dealkylation sites (N-methyl/N-ethyl adjacent to an activating group) is 1. The van der Waals surface area contributed by atoms with Gasteiger partial charge in [-0.2, -0.15) is 0 Å². The highest BCUT2D eigenvalue weighted by Gasteiger charge is 2.19. The van der Waals surface area contributed by atoms with Gasteiger partial charge in [0, 0.05) is 26.6 Å². The molecule has 0 fully saturated rings. The molecular formula is C14H18N2O3. The molecule has 0 spiro atoms. The Bertz CT molecular complexity index is 491. The van der Waals surface area contributed by atoms with Gasteiger partial charge in [-0.1, -0.05) is 11.8 Å². The Labute approximate surface area is 113 Å². The molecule has 0 saturated carbocycles. The molecule has 5 heteroatoms. The molecule has 1 aromatic rings. The van der Waals surface area contributed by atoms with Crippen molar-refractivity contribution in [3.8, 4) is 11.8 Å². The Hall–Kier alpha value is -1.90. The van der Waals surface area contributed by atoms with Crippen LogP contribution in [0.3, 0.4) is 0 Å². The number of methoxy groups -OCH3 is 1. The molecule has 1 N–H and O–H groups in total. The van der Waals surface area contributed by atoms with Crippen molar-refractivity contribution >= 4 is 5.91 Å². The number of aliphatic hydroxyl groups is 1. The minimum Gasteiger partial charge on any atom is -0.384 e. The highest BCUT2D eigenvalue weighted by molar-refractivity contribution is 5.96. The van der Waals surface area contributed by atoms with Crippen molar-refractivity contribution in [1.29, 1.82) is 0 Å². The average Bonchev–Trinajstić information content (AvgIpc) is 2.44. The molecule has 0 radical (unpaired) electrons. The lowest BCUT2D eigenvalue weighted by Gasteiger charge is -2.24. The molecule has 1 heterocycles. The summed E-state index contributed by atoms with van der Waals surface area (Å²) >= 11 is 0. The van der Waals surface area contributed by atoms with Crippen LogP contribution in [-0.2, 0) is 4.74 Å². The average molecular weight is 262 g/mol. The monoisotopic (exact) mass is 262 g/mol. The molecule has 102 valence electrons. The van der Waals surface area contributed by atoms with Crippen LogP contribution in [0.15, 0.2) is 18.5 Å². The number of carbonyl (C=O) groups is 1. The summed E-state index contributed by atoms with van der Waals surface area (Å²) in [5.41, 5.74) is 0.986. The number of carbonyl (C=O) groups excluding carboxylic acids is 1. The van der Waals surface area contributed by atoms with Crippen LogP contribution in [0.25, 0.3) is 0 Å². The van der Waals surface area contributed by atoms with E-state index in [1.165, 1.54) is 6.20 Å². The maximum atomic E-state index is 12.4. The maximum Gasteiger partial charge on any atom is 0.255 e. The first kappa shape index (κ1) is 15.2. The molecule has 1 rings (SSSR count). The Morgan fingerprint density at radius 3 is 3.00 bits per heavy atom. The van der Waals surface area contributed by atoms with Crippen LogP contribution >= 0.6 is 0 Å². The van der Waals surface area contributed by atoms with E-state index in [1.807, 2.05) is 6.92 Å². The first-order chi connectivity index (χ1) is 9.11. The van der Waals surface area contributed by atoms with Gasteiger partial charge in [0.2, 0.25) is 0 Å². The lowest BCUT2D eigenvalue weighted by Crippen LogP contribution is -2.38. The van der Waals surface area contributed by atoms with Crippen molar-refractivity contribution in [3.05, 3.63) is 29.6 Å². The molecule has 1 amide bonds. The van der Waals surface area contributed by atoms with Gasteiger partial charge in [-0.25, -0.2) is 0 Å². The molecule has 0 aliphatic rings. The summed E-state index contributed by atoms with van der Waals surface area (Å²) in [6.07, 6.45) is 3.07. The number of nitrogens with zero attached hydrogens (tertiary/aromatic N) is 2. The van der Waals surface area contributed by atoms with E-state index in [4.69, 9.17) is 9.84 Å². The van der Waals surface area contributed by atoms with Crippen LogP contribution in [0.4, 0.5) is 0 Å². The molecule has 19 heavy (non-hydrogen) atoms. The van der Waals surface area contributed by atoms with E-state index in [9.17, 15) is 4.79 Å². The van der Waals surface area contributed by atoms with Gasteiger partial charge in [0.15, 0.2) is 0 Å². The lowest BCUT2D eigenvalue weighted by atomic mass is 10.1. The van der Waals surface area contributed by atoms with Crippen molar-refractivity contribution in [2.45, 2.75) is 13.0 Å². The van der Waals surface area contributed by atoms with Crippen LogP contribution < -0.4 is 0 Å². The van der Waals surface area contributed by atoms with Gasteiger partial charge in [0.1, 0.15) is 6.61 Å². The second kappa shape index (κ2) is 7.52. The van der Waals surface area contributed by atoms with Gasteiger partial charge in [-0.05, 0) is 13.0 Å². The van der Waals surface area contributed by atoms with Crippen molar-refractivity contribution in [3.63, 3.8) is 0 Å². The van der Waals surface area contributed by atoms with Crippen molar-refractivity contribution < 1.29 is 14.6 Å².